The summed E-state index contributed by atoms with van der Waals surface area (Å²) in [6, 6.07) is 1.46. The largest absolute Gasteiger partial charge is 0.391 e. The smallest absolute Gasteiger partial charge is 0.241 e. The van der Waals surface area contributed by atoms with Crippen LogP contribution < -0.4 is 4.72 Å². The Morgan fingerprint density at radius 3 is 2.94 bits per heavy atom. The molecule has 9 heteroatoms. The number of aromatic nitrogens is 3. The Bertz CT molecular complexity index is 591. The lowest BCUT2D eigenvalue weighted by Gasteiger charge is -2.03. The van der Waals surface area contributed by atoms with Crippen molar-refractivity contribution in [1.29, 1.82) is 0 Å². The van der Waals surface area contributed by atoms with Gasteiger partial charge in [0.25, 0.3) is 0 Å². The van der Waals surface area contributed by atoms with Crippen molar-refractivity contribution in [1.82, 2.24) is 19.9 Å². The molecule has 2 aromatic heterocycles. The van der Waals surface area contributed by atoms with Crippen molar-refractivity contribution in [3.63, 3.8) is 0 Å². The summed E-state index contributed by atoms with van der Waals surface area (Å²) in [5.41, 5.74) is 0. The summed E-state index contributed by atoms with van der Waals surface area (Å²) in [6.07, 6.45) is 1.81. The van der Waals surface area contributed by atoms with E-state index < -0.39 is 10.0 Å². The van der Waals surface area contributed by atoms with Crippen LogP contribution in [0.1, 0.15) is 10.7 Å². The van der Waals surface area contributed by atoms with Gasteiger partial charge in [0.05, 0.1) is 11.5 Å². The summed E-state index contributed by atoms with van der Waals surface area (Å²) in [4.78, 5) is 4.68. The van der Waals surface area contributed by atoms with E-state index in [1.807, 2.05) is 0 Å². The molecule has 0 saturated carbocycles. The molecule has 0 aliphatic carbocycles. The van der Waals surface area contributed by atoms with Gasteiger partial charge in [0, 0.05) is 23.2 Å². The molecule has 0 atom stereocenters. The monoisotopic (exact) mass is 288 g/mol. The highest BCUT2D eigenvalue weighted by atomic mass is 32.2. The number of nitrogens with zero attached hydrogens (tertiary/aromatic N) is 2. The molecule has 0 fully saturated rings. The molecule has 0 radical (unpaired) electrons. The lowest BCUT2D eigenvalue weighted by atomic mass is 10.4. The first-order chi connectivity index (χ1) is 8.62. The molecule has 0 saturated heterocycles. The van der Waals surface area contributed by atoms with Crippen molar-refractivity contribution in [3.05, 3.63) is 28.5 Å². The van der Waals surface area contributed by atoms with Crippen LogP contribution in [0.4, 0.5) is 0 Å². The minimum Gasteiger partial charge on any atom is -0.391 e. The Labute approximate surface area is 108 Å². The van der Waals surface area contributed by atoms with Crippen molar-refractivity contribution < 1.29 is 13.5 Å². The van der Waals surface area contributed by atoms with E-state index >= 15 is 0 Å². The first-order valence-electron chi connectivity index (χ1n) is 5.14. The Morgan fingerprint density at radius 1 is 1.50 bits per heavy atom. The highest BCUT2D eigenvalue weighted by Crippen LogP contribution is 2.18. The predicted molar refractivity (Wildman–Crippen MR) is 65.5 cm³/mol. The van der Waals surface area contributed by atoms with Crippen molar-refractivity contribution in [2.75, 3.05) is 6.54 Å². The average molecular weight is 288 g/mol. The Morgan fingerprint density at radius 2 is 2.33 bits per heavy atom. The van der Waals surface area contributed by atoms with Crippen LogP contribution in [0.15, 0.2) is 22.7 Å². The maximum absolute atomic E-state index is 11.9. The summed E-state index contributed by atoms with van der Waals surface area (Å²) in [5.74, 6) is 0.624. The van der Waals surface area contributed by atoms with Crippen LogP contribution in [0, 0.1) is 0 Å². The molecule has 2 aromatic rings. The van der Waals surface area contributed by atoms with Gasteiger partial charge >= 0.3 is 0 Å². The molecule has 0 aromatic carbocycles. The van der Waals surface area contributed by atoms with Gasteiger partial charge in [-0.2, -0.15) is 5.10 Å². The highest BCUT2D eigenvalue weighted by molar-refractivity contribution is 7.89. The number of aliphatic hydroxyl groups is 1. The predicted octanol–water partition coefficient (Wildman–Crippen LogP) is -0.121. The zero-order valence-electron chi connectivity index (χ0n) is 9.33. The van der Waals surface area contributed by atoms with Crippen LogP contribution in [0.3, 0.4) is 0 Å². The number of sulfonamides is 1. The van der Waals surface area contributed by atoms with Gasteiger partial charge in [-0.3, -0.25) is 5.10 Å². The Hall–Kier alpha value is -1.29. The zero-order valence-corrected chi connectivity index (χ0v) is 11.0. The zero-order chi connectivity index (χ0) is 13.0. The maximum atomic E-state index is 11.9. The molecular formula is C9H12N4O3S2. The number of aromatic amines is 1. The Balaban J connectivity index is 1.95. The number of hydrogen-bond donors (Lipinski definition) is 3. The third-order valence-electron chi connectivity index (χ3n) is 2.21. The van der Waals surface area contributed by atoms with Gasteiger partial charge in [-0.25, -0.2) is 18.1 Å². The SMILES string of the molecule is O=S(=O)(NCCc1ncn[nH]1)c1csc(CO)c1. The minimum absolute atomic E-state index is 0.155. The van der Waals surface area contributed by atoms with Crippen molar-refractivity contribution >= 4 is 21.4 Å². The van der Waals surface area contributed by atoms with E-state index in [1.165, 1.54) is 29.1 Å². The van der Waals surface area contributed by atoms with Gasteiger partial charge in [-0.05, 0) is 6.07 Å². The molecular weight excluding hydrogens is 276 g/mol. The van der Waals surface area contributed by atoms with E-state index in [1.54, 1.807) is 0 Å². The topological polar surface area (TPSA) is 108 Å². The van der Waals surface area contributed by atoms with E-state index in [4.69, 9.17) is 5.11 Å². The number of thiophene rings is 1. The quantitative estimate of drug-likeness (QED) is 0.687. The van der Waals surface area contributed by atoms with Crippen LogP contribution >= 0.6 is 11.3 Å². The lowest BCUT2D eigenvalue weighted by molar-refractivity contribution is 0.285. The van der Waals surface area contributed by atoms with E-state index in [2.05, 4.69) is 19.9 Å². The fraction of sp³-hybridized carbons (Fsp3) is 0.333. The normalized spacial score (nSPS) is 11.8. The van der Waals surface area contributed by atoms with E-state index in [0.29, 0.717) is 17.1 Å². The van der Waals surface area contributed by atoms with Crippen molar-refractivity contribution in [2.45, 2.75) is 17.9 Å². The van der Waals surface area contributed by atoms with Gasteiger partial charge in [0.15, 0.2) is 0 Å². The van der Waals surface area contributed by atoms with E-state index in [9.17, 15) is 8.42 Å². The summed E-state index contributed by atoms with van der Waals surface area (Å²) in [6.45, 7) is 0.0834. The van der Waals surface area contributed by atoms with E-state index in [0.717, 1.165) is 0 Å². The second kappa shape index (κ2) is 5.57. The summed E-state index contributed by atoms with van der Waals surface area (Å²) < 4.78 is 26.2. The van der Waals surface area contributed by atoms with Gasteiger partial charge < -0.3 is 5.11 Å². The number of rotatable bonds is 6. The van der Waals surface area contributed by atoms with Crippen LogP contribution in [0.25, 0.3) is 0 Å². The molecule has 98 valence electrons. The van der Waals surface area contributed by atoms with Crippen LogP contribution in [0.5, 0.6) is 0 Å². The van der Waals surface area contributed by atoms with Crippen LogP contribution in [-0.2, 0) is 23.1 Å². The van der Waals surface area contributed by atoms with Crippen LogP contribution in [0.2, 0.25) is 0 Å². The third-order valence-corrected chi connectivity index (χ3v) is 4.73. The van der Waals surface area contributed by atoms with Gasteiger partial charge in [0.1, 0.15) is 12.2 Å². The highest BCUT2D eigenvalue weighted by Gasteiger charge is 2.15. The van der Waals surface area contributed by atoms with Gasteiger partial charge in [0.2, 0.25) is 10.0 Å². The Kier molecular flexibility index (Phi) is 4.07. The summed E-state index contributed by atoms with van der Waals surface area (Å²) >= 11 is 1.21. The summed E-state index contributed by atoms with van der Waals surface area (Å²) in [7, 11) is -3.52. The first kappa shape index (κ1) is 13.1. The molecule has 2 rings (SSSR count). The lowest BCUT2D eigenvalue weighted by Crippen LogP contribution is -2.25. The third kappa shape index (κ3) is 3.13. The fourth-order valence-electron chi connectivity index (χ4n) is 1.32. The van der Waals surface area contributed by atoms with Gasteiger partial charge in [-0.1, -0.05) is 0 Å². The molecule has 0 bridgehead atoms. The van der Waals surface area contributed by atoms with E-state index in [-0.39, 0.29) is 18.0 Å². The second-order valence-electron chi connectivity index (χ2n) is 3.49. The first-order valence-corrected chi connectivity index (χ1v) is 7.50. The molecule has 18 heavy (non-hydrogen) atoms. The van der Waals surface area contributed by atoms with Crippen LogP contribution in [-0.4, -0.2) is 35.3 Å². The maximum Gasteiger partial charge on any atom is 0.241 e. The van der Waals surface area contributed by atoms with Gasteiger partial charge in [-0.15, -0.1) is 11.3 Å². The molecule has 0 aliphatic rings. The number of H-pyrrole nitrogens is 1. The standard InChI is InChI=1S/C9H12N4O3S2/c14-4-7-3-8(5-17-7)18(15,16)12-2-1-9-10-6-11-13-9/h3,5-6,12,14H,1-2,4H2,(H,10,11,13). The molecule has 0 unspecified atom stereocenters. The minimum atomic E-state index is -3.52. The molecule has 0 aliphatic heterocycles. The average Bonchev–Trinajstić information content (AvgIpc) is 2.99. The molecule has 2 heterocycles. The van der Waals surface area contributed by atoms with Crippen molar-refractivity contribution in [2.24, 2.45) is 0 Å². The molecule has 7 nitrogen and oxygen atoms in total. The second-order valence-corrected chi connectivity index (χ2v) is 6.25. The molecule has 3 N–H and O–H groups in total. The molecule has 0 amide bonds. The molecule has 0 spiro atoms. The number of hydrogen-bond acceptors (Lipinski definition) is 6. The fourth-order valence-corrected chi connectivity index (χ4v) is 3.49. The number of aliphatic hydroxyl groups excluding tert-OH is 1. The summed E-state index contributed by atoms with van der Waals surface area (Å²) in [5, 5.41) is 16.7. The number of nitrogens with one attached hydrogen (secondary N) is 2. The van der Waals surface area contributed by atoms with Crippen molar-refractivity contribution in [3.8, 4) is 0 Å².